The number of allylic oxidation sites excluding steroid dienone is 1. The predicted molar refractivity (Wildman–Crippen MR) is 46.0 cm³/mol. The van der Waals surface area contributed by atoms with Gasteiger partial charge < -0.3 is 0 Å². The molecule has 1 aromatic rings. The molecule has 0 heterocycles. The quantitative estimate of drug-likeness (QED) is 0.639. The van der Waals surface area contributed by atoms with Gasteiger partial charge in [0.25, 0.3) is 6.43 Å². The molecule has 0 aromatic heterocycles. The van der Waals surface area contributed by atoms with Gasteiger partial charge in [0.05, 0.1) is 6.07 Å². The second-order valence-corrected chi connectivity index (χ2v) is 2.43. The first-order valence-electron chi connectivity index (χ1n) is 3.68. The Hall–Kier alpha value is -1.69. The SMILES string of the molecule is N#CC=Cc1ccc(C(F)F)cc1. The monoisotopic (exact) mass is 179 g/mol. The van der Waals surface area contributed by atoms with Crippen LogP contribution in [0.2, 0.25) is 0 Å². The molecule has 13 heavy (non-hydrogen) atoms. The molecule has 0 radical (unpaired) electrons. The fourth-order valence-electron chi connectivity index (χ4n) is 0.886. The zero-order valence-corrected chi connectivity index (χ0v) is 6.74. The lowest BCUT2D eigenvalue weighted by Crippen LogP contribution is -1.82. The Balaban J connectivity index is 2.83. The zero-order valence-electron chi connectivity index (χ0n) is 6.74. The van der Waals surface area contributed by atoms with Gasteiger partial charge in [-0.05, 0) is 11.6 Å². The molecule has 0 amide bonds. The normalized spacial score (nSPS) is 10.6. The van der Waals surface area contributed by atoms with Crippen LogP contribution in [0.4, 0.5) is 8.78 Å². The number of hydrogen-bond acceptors (Lipinski definition) is 1. The van der Waals surface area contributed by atoms with Crippen LogP contribution in [-0.4, -0.2) is 0 Å². The summed E-state index contributed by atoms with van der Waals surface area (Å²) in [5.74, 6) is 0. The van der Waals surface area contributed by atoms with Crippen LogP contribution in [0.1, 0.15) is 17.6 Å². The highest BCUT2D eigenvalue weighted by molar-refractivity contribution is 5.52. The van der Waals surface area contributed by atoms with Crippen LogP contribution in [0.3, 0.4) is 0 Å². The van der Waals surface area contributed by atoms with Crippen LogP contribution in [0.15, 0.2) is 30.3 Å². The summed E-state index contributed by atoms with van der Waals surface area (Å²) in [5, 5.41) is 8.21. The van der Waals surface area contributed by atoms with Gasteiger partial charge in [0.15, 0.2) is 0 Å². The van der Waals surface area contributed by atoms with Crippen LogP contribution in [-0.2, 0) is 0 Å². The van der Waals surface area contributed by atoms with E-state index in [4.69, 9.17) is 5.26 Å². The second kappa shape index (κ2) is 4.36. The molecule has 0 atom stereocenters. The third kappa shape index (κ3) is 2.68. The first kappa shape index (κ1) is 9.40. The van der Waals surface area contributed by atoms with E-state index in [-0.39, 0.29) is 5.56 Å². The van der Waals surface area contributed by atoms with E-state index in [0.29, 0.717) is 0 Å². The van der Waals surface area contributed by atoms with Crippen LogP contribution in [0.5, 0.6) is 0 Å². The van der Waals surface area contributed by atoms with Gasteiger partial charge in [0, 0.05) is 11.6 Å². The zero-order chi connectivity index (χ0) is 9.68. The van der Waals surface area contributed by atoms with Crippen molar-refractivity contribution in [2.75, 3.05) is 0 Å². The summed E-state index contributed by atoms with van der Waals surface area (Å²) in [6, 6.07) is 7.62. The molecule has 0 aliphatic rings. The third-order valence-corrected chi connectivity index (χ3v) is 1.54. The van der Waals surface area contributed by atoms with E-state index < -0.39 is 6.43 Å². The maximum absolute atomic E-state index is 12.1. The molecular weight excluding hydrogens is 172 g/mol. The molecule has 3 heteroatoms. The van der Waals surface area contributed by atoms with Gasteiger partial charge in [-0.3, -0.25) is 0 Å². The van der Waals surface area contributed by atoms with E-state index in [1.54, 1.807) is 18.2 Å². The topological polar surface area (TPSA) is 23.8 Å². The van der Waals surface area contributed by atoms with E-state index in [9.17, 15) is 8.78 Å². The third-order valence-electron chi connectivity index (χ3n) is 1.54. The number of nitriles is 1. The lowest BCUT2D eigenvalue weighted by atomic mass is 10.1. The molecule has 0 unspecified atom stereocenters. The average molecular weight is 179 g/mol. The van der Waals surface area contributed by atoms with Gasteiger partial charge in [-0.25, -0.2) is 8.78 Å². The van der Waals surface area contributed by atoms with E-state index in [1.165, 1.54) is 18.2 Å². The molecule has 66 valence electrons. The molecule has 1 nitrogen and oxygen atoms in total. The summed E-state index contributed by atoms with van der Waals surface area (Å²) >= 11 is 0. The van der Waals surface area contributed by atoms with E-state index in [2.05, 4.69) is 0 Å². The Kier molecular flexibility index (Phi) is 3.15. The van der Waals surface area contributed by atoms with Gasteiger partial charge in [-0.1, -0.05) is 24.3 Å². The maximum atomic E-state index is 12.1. The fraction of sp³-hybridized carbons (Fsp3) is 0.100. The van der Waals surface area contributed by atoms with Crippen molar-refractivity contribution in [1.82, 2.24) is 0 Å². The molecule has 1 aromatic carbocycles. The molecule has 0 fully saturated rings. The van der Waals surface area contributed by atoms with Gasteiger partial charge in [0.2, 0.25) is 0 Å². The summed E-state index contributed by atoms with van der Waals surface area (Å²) in [4.78, 5) is 0. The van der Waals surface area contributed by atoms with E-state index in [0.717, 1.165) is 5.56 Å². The Labute approximate surface area is 74.9 Å². The predicted octanol–water partition coefficient (Wildman–Crippen LogP) is 3.16. The molecule has 0 aliphatic carbocycles. The van der Waals surface area contributed by atoms with Crippen LogP contribution in [0, 0.1) is 11.3 Å². The average Bonchev–Trinajstić information content (AvgIpc) is 2.15. The Morgan fingerprint density at radius 1 is 1.23 bits per heavy atom. The fourth-order valence-corrected chi connectivity index (χ4v) is 0.886. The number of hydrogen-bond donors (Lipinski definition) is 0. The lowest BCUT2D eigenvalue weighted by Gasteiger charge is -1.98. The van der Waals surface area contributed by atoms with Crippen molar-refractivity contribution in [3.63, 3.8) is 0 Å². The number of halogens is 2. The Morgan fingerprint density at radius 3 is 2.31 bits per heavy atom. The largest absolute Gasteiger partial charge is 0.263 e. The van der Waals surface area contributed by atoms with Crippen molar-refractivity contribution >= 4 is 6.08 Å². The molecule has 0 aliphatic heterocycles. The van der Waals surface area contributed by atoms with Gasteiger partial charge >= 0.3 is 0 Å². The lowest BCUT2D eigenvalue weighted by molar-refractivity contribution is 0.151. The highest BCUT2D eigenvalue weighted by Gasteiger charge is 2.04. The van der Waals surface area contributed by atoms with Crippen molar-refractivity contribution < 1.29 is 8.78 Å². The van der Waals surface area contributed by atoms with E-state index >= 15 is 0 Å². The molecular formula is C10H7F2N. The summed E-state index contributed by atoms with van der Waals surface area (Å²) in [6.45, 7) is 0. The minimum absolute atomic E-state index is 0.00546. The summed E-state index contributed by atoms with van der Waals surface area (Å²) in [6.07, 6.45) is 0.432. The second-order valence-electron chi connectivity index (χ2n) is 2.43. The Bertz CT molecular complexity index is 333. The first-order chi connectivity index (χ1) is 6.24. The molecule has 0 saturated heterocycles. The molecule has 0 saturated carbocycles. The summed E-state index contributed by atoms with van der Waals surface area (Å²) in [5.41, 5.74) is 0.736. The number of alkyl halides is 2. The molecule has 0 N–H and O–H groups in total. The maximum Gasteiger partial charge on any atom is 0.263 e. The van der Waals surface area contributed by atoms with E-state index in [1.807, 2.05) is 6.07 Å². The summed E-state index contributed by atoms with van der Waals surface area (Å²) in [7, 11) is 0. The number of rotatable bonds is 2. The molecule has 0 bridgehead atoms. The minimum Gasteiger partial charge on any atom is -0.205 e. The van der Waals surface area contributed by atoms with Crippen molar-refractivity contribution in [1.29, 1.82) is 5.26 Å². The van der Waals surface area contributed by atoms with Gasteiger partial charge in [0.1, 0.15) is 0 Å². The molecule has 1 rings (SSSR count). The van der Waals surface area contributed by atoms with Gasteiger partial charge in [-0.15, -0.1) is 0 Å². The standard InChI is InChI=1S/C10H7F2N/c11-10(12)9-5-3-8(4-6-9)2-1-7-13/h1-6,10H. The minimum atomic E-state index is -2.44. The van der Waals surface area contributed by atoms with Crippen molar-refractivity contribution in [3.8, 4) is 6.07 Å². The molecule has 0 spiro atoms. The highest BCUT2D eigenvalue weighted by Crippen LogP contribution is 2.18. The van der Waals surface area contributed by atoms with Gasteiger partial charge in [-0.2, -0.15) is 5.26 Å². The first-order valence-corrected chi connectivity index (χ1v) is 3.68. The van der Waals surface area contributed by atoms with Crippen LogP contribution >= 0.6 is 0 Å². The van der Waals surface area contributed by atoms with Crippen molar-refractivity contribution in [3.05, 3.63) is 41.5 Å². The number of nitrogens with zero attached hydrogens (tertiary/aromatic N) is 1. The number of benzene rings is 1. The van der Waals surface area contributed by atoms with Crippen LogP contribution < -0.4 is 0 Å². The summed E-state index contributed by atoms with van der Waals surface area (Å²) < 4.78 is 24.2. The van der Waals surface area contributed by atoms with Crippen molar-refractivity contribution in [2.24, 2.45) is 0 Å². The Morgan fingerprint density at radius 2 is 1.85 bits per heavy atom. The van der Waals surface area contributed by atoms with Crippen molar-refractivity contribution in [2.45, 2.75) is 6.43 Å². The highest BCUT2D eigenvalue weighted by atomic mass is 19.3. The smallest absolute Gasteiger partial charge is 0.205 e. The van der Waals surface area contributed by atoms with Crippen LogP contribution in [0.25, 0.3) is 6.08 Å².